The molecule has 1 saturated heterocycles. The van der Waals surface area contributed by atoms with E-state index in [9.17, 15) is 34.5 Å². The van der Waals surface area contributed by atoms with Crippen LogP contribution in [0.25, 0.3) is 0 Å². The molecule has 6 atom stereocenters. The van der Waals surface area contributed by atoms with Crippen molar-refractivity contribution in [3.8, 4) is 0 Å². The fourth-order valence-electron chi connectivity index (χ4n) is 10.8. The van der Waals surface area contributed by atoms with Gasteiger partial charge in [-0.1, -0.05) is 301 Å². The Morgan fingerprint density at radius 3 is 1.12 bits per heavy atom. The van der Waals surface area contributed by atoms with Crippen LogP contribution in [-0.2, 0) is 42.9 Å². The van der Waals surface area contributed by atoms with E-state index in [0.717, 1.165) is 89.9 Å². The van der Waals surface area contributed by atoms with Crippen LogP contribution >= 0.6 is 0 Å². The van der Waals surface area contributed by atoms with Crippen LogP contribution in [0, 0.1) is 0 Å². The van der Waals surface area contributed by atoms with Gasteiger partial charge in [0.2, 0.25) is 0 Å². The van der Waals surface area contributed by atoms with Crippen LogP contribution in [0.4, 0.5) is 0 Å². The number of rotatable bonds is 61. The summed E-state index contributed by atoms with van der Waals surface area (Å²) in [6.07, 6.45) is 59.5. The van der Waals surface area contributed by atoms with E-state index in [4.69, 9.17) is 23.7 Å². The van der Waals surface area contributed by atoms with E-state index in [1.807, 2.05) is 0 Å². The lowest BCUT2D eigenvalue weighted by atomic mass is 9.98. The third-order valence-corrected chi connectivity index (χ3v) is 16.2. The molecule has 0 aliphatic carbocycles. The zero-order chi connectivity index (χ0) is 60.3. The molecular formula is C71H128O12. The van der Waals surface area contributed by atoms with E-state index in [2.05, 4.69) is 57.2 Å². The van der Waals surface area contributed by atoms with Gasteiger partial charge in [0.15, 0.2) is 24.6 Å². The lowest BCUT2D eigenvalue weighted by Crippen LogP contribution is -2.61. The van der Waals surface area contributed by atoms with Crippen molar-refractivity contribution in [3.05, 3.63) is 36.5 Å². The highest BCUT2D eigenvalue weighted by Gasteiger charge is 2.50. The number of hydrogen-bond acceptors (Lipinski definition) is 11. The Labute approximate surface area is 508 Å². The second kappa shape index (κ2) is 59.3. The monoisotopic (exact) mass is 1170 g/mol. The van der Waals surface area contributed by atoms with Crippen LogP contribution < -0.4 is 0 Å². The van der Waals surface area contributed by atoms with Crippen molar-refractivity contribution in [2.45, 2.75) is 379 Å². The smallest absolute Gasteiger partial charge is 0.335 e. The van der Waals surface area contributed by atoms with Gasteiger partial charge in [-0.2, -0.15) is 0 Å². The number of carboxylic acids is 1. The van der Waals surface area contributed by atoms with Gasteiger partial charge in [0.25, 0.3) is 0 Å². The number of aliphatic carboxylic acids is 1. The average Bonchev–Trinajstić information content (AvgIpc) is 3.55. The van der Waals surface area contributed by atoms with Gasteiger partial charge >= 0.3 is 23.9 Å². The molecule has 484 valence electrons. The molecule has 1 aliphatic rings. The molecule has 1 heterocycles. The molecule has 1 fully saturated rings. The summed E-state index contributed by atoms with van der Waals surface area (Å²) >= 11 is 0. The normalized spacial score (nSPS) is 17.7. The van der Waals surface area contributed by atoms with E-state index < -0.39 is 67.3 Å². The van der Waals surface area contributed by atoms with Gasteiger partial charge in [-0.15, -0.1) is 0 Å². The number of carbonyl (C=O) groups is 4. The van der Waals surface area contributed by atoms with E-state index in [1.54, 1.807) is 0 Å². The number of aliphatic hydroxyl groups excluding tert-OH is 2. The molecule has 0 aromatic carbocycles. The Morgan fingerprint density at radius 1 is 0.398 bits per heavy atom. The molecule has 0 bridgehead atoms. The summed E-state index contributed by atoms with van der Waals surface area (Å²) in [7, 11) is 0. The van der Waals surface area contributed by atoms with Crippen molar-refractivity contribution in [1.29, 1.82) is 0 Å². The average molecular weight is 1170 g/mol. The van der Waals surface area contributed by atoms with Gasteiger partial charge in [0.05, 0.1) is 6.61 Å². The van der Waals surface area contributed by atoms with Crippen molar-refractivity contribution < 1.29 is 58.2 Å². The molecule has 0 spiro atoms. The molecule has 0 aromatic rings. The molecule has 1 rings (SSSR count). The largest absolute Gasteiger partial charge is 0.479 e. The van der Waals surface area contributed by atoms with Crippen LogP contribution in [0.15, 0.2) is 36.5 Å². The molecule has 3 N–H and O–H groups in total. The van der Waals surface area contributed by atoms with Crippen LogP contribution in [0.2, 0.25) is 0 Å². The highest BCUT2D eigenvalue weighted by atomic mass is 16.7. The maximum absolute atomic E-state index is 13.2. The number of esters is 3. The van der Waals surface area contributed by atoms with Crippen molar-refractivity contribution in [3.63, 3.8) is 0 Å². The Hall–Kier alpha value is -3.06. The number of hydrogen-bond donors (Lipinski definition) is 3. The van der Waals surface area contributed by atoms with Crippen molar-refractivity contribution in [1.82, 2.24) is 0 Å². The van der Waals surface area contributed by atoms with Crippen LogP contribution in [0.5, 0.6) is 0 Å². The minimum atomic E-state index is -1.91. The maximum atomic E-state index is 13.2. The fraction of sp³-hybridized carbons (Fsp3) is 0.859. The summed E-state index contributed by atoms with van der Waals surface area (Å²) < 4.78 is 28.6. The van der Waals surface area contributed by atoms with Gasteiger partial charge in [-0.25, -0.2) is 4.79 Å². The van der Waals surface area contributed by atoms with E-state index in [-0.39, 0.29) is 25.9 Å². The number of ether oxygens (including phenoxy) is 5. The van der Waals surface area contributed by atoms with Crippen molar-refractivity contribution in [2.75, 3.05) is 13.2 Å². The first kappa shape index (κ1) is 78.0. The summed E-state index contributed by atoms with van der Waals surface area (Å²) in [5.41, 5.74) is 0. The molecule has 6 unspecified atom stereocenters. The van der Waals surface area contributed by atoms with Gasteiger partial charge in [-0.05, 0) is 57.8 Å². The van der Waals surface area contributed by atoms with Crippen LogP contribution in [0.1, 0.15) is 342 Å². The summed E-state index contributed by atoms with van der Waals surface area (Å²) in [5, 5.41) is 31.7. The molecule has 12 heteroatoms. The molecule has 83 heavy (non-hydrogen) atoms. The van der Waals surface area contributed by atoms with Crippen LogP contribution in [-0.4, -0.2) is 89.2 Å². The van der Waals surface area contributed by atoms with E-state index in [0.29, 0.717) is 19.3 Å². The predicted octanol–water partition coefficient (Wildman–Crippen LogP) is 19.1. The molecule has 12 nitrogen and oxygen atoms in total. The number of carbonyl (C=O) groups excluding carboxylic acids is 3. The predicted molar refractivity (Wildman–Crippen MR) is 340 cm³/mol. The topological polar surface area (TPSA) is 175 Å². The van der Waals surface area contributed by atoms with Crippen molar-refractivity contribution in [2.24, 2.45) is 0 Å². The summed E-state index contributed by atoms with van der Waals surface area (Å²) in [6, 6.07) is 0. The molecule has 0 aromatic heterocycles. The number of carboxylic acid groups (broad SMARTS) is 1. The Balaban J connectivity index is 2.63. The summed E-state index contributed by atoms with van der Waals surface area (Å²) in [4.78, 5) is 51.5. The minimum Gasteiger partial charge on any atom is -0.479 e. The third kappa shape index (κ3) is 48.7. The van der Waals surface area contributed by atoms with Crippen LogP contribution in [0.3, 0.4) is 0 Å². The molecule has 1 aliphatic heterocycles. The standard InChI is InChI=1S/C71H128O12/c1-4-7-10-13-16-19-22-25-28-31-32-35-38-41-44-47-50-53-56-59-65(74)82-69-67(76)66(75)68(70(77)78)83-71(69)80-61-62(81-64(73)58-55-52-49-46-43-40-37-34-30-27-24-21-18-15-12-9-6-3)60-79-63(72)57-54-51-48-45-42-39-36-33-29-26-23-20-17-14-11-8-5-2/h16,19,25,28,32,35,62,66-69,71,75-76H,4-15,17-18,20-24,26-27,29-31,33-34,36-61H2,1-3H3,(H,77,78)/b19-16-,28-25-,35-32-. The van der Waals surface area contributed by atoms with E-state index >= 15 is 0 Å². The zero-order valence-corrected chi connectivity index (χ0v) is 53.7. The fourth-order valence-corrected chi connectivity index (χ4v) is 10.8. The minimum absolute atomic E-state index is 0.0499. The lowest BCUT2D eigenvalue weighted by Gasteiger charge is -2.40. The van der Waals surface area contributed by atoms with Gasteiger partial charge in [-0.3, -0.25) is 14.4 Å². The highest BCUT2D eigenvalue weighted by Crippen LogP contribution is 2.27. The molecule has 0 amide bonds. The lowest BCUT2D eigenvalue weighted by molar-refractivity contribution is -0.301. The first-order valence-electron chi connectivity index (χ1n) is 35.0. The Morgan fingerprint density at radius 2 is 0.723 bits per heavy atom. The third-order valence-electron chi connectivity index (χ3n) is 16.2. The number of allylic oxidation sites excluding steroid dienone is 6. The van der Waals surface area contributed by atoms with Crippen molar-refractivity contribution >= 4 is 23.9 Å². The Bertz CT molecular complexity index is 1580. The second-order valence-electron chi connectivity index (χ2n) is 24.2. The van der Waals surface area contributed by atoms with Gasteiger partial charge < -0.3 is 39.0 Å². The molecule has 0 saturated carbocycles. The second-order valence-corrected chi connectivity index (χ2v) is 24.2. The molecular weight excluding hydrogens is 1040 g/mol. The van der Waals surface area contributed by atoms with E-state index in [1.165, 1.54) is 193 Å². The zero-order valence-electron chi connectivity index (χ0n) is 53.7. The maximum Gasteiger partial charge on any atom is 0.335 e. The number of aliphatic hydroxyl groups is 2. The van der Waals surface area contributed by atoms with Gasteiger partial charge in [0, 0.05) is 19.3 Å². The summed E-state index contributed by atoms with van der Waals surface area (Å²) in [6.45, 7) is 6.04. The number of unbranched alkanes of at least 4 members (excludes halogenated alkanes) is 41. The molecule has 0 radical (unpaired) electrons. The SMILES string of the molecule is CCCCC/C=C\C/C=C\C/C=C\CCCCCCCCC(=O)OC1C(OCC(COC(=O)CCCCCCCCCCCCCCCCCCC)OC(=O)CCCCCCCCCCCCCCCCCCC)OC(C(=O)O)C(O)C1O. The highest BCUT2D eigenvalue weighted by molar-refractivity contribution is 5.74. The quantitative estimate of drug-likeness (QED) is 0.0228. The van der Waals surface area contributed by atoms with Gasteiger partial charge in [0.1, 0.15) is 18.8 Å². The summed E-state index contributed by atoms with van der Waals surface area (Å²) in [5.74, 6) is -3.09. The first-order valence-corrected chi connectivity index (χ1v) is 35.0. The Kier molecular flexibility index (Phi) is 55.7. The first-order chi connectivity index (χ1) is 40.6.